The summed E-state index contributed by atoms with van der Waals surface area (Å²) in [6.45, 7) is 5.15. The molecule has 0 spiro atoms. The van der Waals surface area contributed by atoms with Gasteiger partial charge in [-0.3, -0.25) is 9.69 Å². The molecule has 110 valence electrons. The Morgan fingerprint density at radius 3 is 2.35 bits per heavy atom. The number of hydrogen-bond donors (Lipinski definition) is 0. The molecule has 1 rings (SSSR count). The van der Waals surface area contributed by atoms with Crippen LogP contribution in [0.3, 0.4) is 0 Å². The van der Waals surface area contributed by atoms with E-state index in [1.54, 1.807) is 13.8 Å². The number of carbonyl (C=O) groups is 2. The van der Waals surface area contributed by atoms with Gasteiger partial charge >= 0.3 is 5.97 Å². The molecule has 1 amide bonds. The molecule has 0 bridgehead atoms. The number of esters is 1. The van der Waals surface area contributed by atoms with Crippen LogP contribution in [-0.4, -0.2) is 38.6 Å². The van der Waals surface area contributed by atoms with E-state index < -0.39 is 12.0 Å². The van der Waals surface area contributed by atoms with Gasteiger partial charge in [0.25, 0.3) is 0 Å². The van der Waals surface area contributed by atoms with Gasteiger partial charge in [0, 0.05) is 32.4 Å². The Kier molecular flexibility index (Phi) is 5.55. The molecule has 5 heteroatoms. The van der Waals surface area contributed by atoms with Crippen LogP contribution in [0.25, 0.3) is 0 Å². The summed E-state index contributed by atoms with van der Waals surface area (Å²) in [5.74, 6) is -0.598. The number of hydrogen-bond acceptors (Lipinski definition) is 4. The lowest BCUT2D eigenvalue weighted by atomic mass is 10.2. The first-order valence-corrected chi connectivity index (χ1v) is 6.62. The van der Waals surface area contributed by atoms with Crippen LogP contribution < -0.4 is 9.80 Å². The van der Waals surface area contributed by atoms with Crippen molar-refractivity contribution in [2.24, 2.45) is 0 Å². The van der Waals surface area contributed by atoms with E-state index in [2.05, 4.69) is 0 Å². The van der Waals surface area contributed by atoms with E-state index in [4.69, 9.17) is 4.74 Å². The maximum atomic E-state index is 11.9. The fourth-order valence-corrected chi connectivity index (χ4v) is 1.97. The van der Waals surface area contributed by atoms with Gasteiger partial charge in [-0.25, -0.2) is 4.79 Å². The number of anilines is 2. The zero-order chi connectivity index (χ0) is 15.3. The van der Waals surface area contributed by atoms with E-state index in [0.717, 1.165) is 5.69 Å². The third kappa shape index (κ3) is 3.73. The van der Waals surface area contributed by atoms with Crippen LogP contribution >= 0.6 is 0 Å². The number of benzene rings is 1. The predicted octanol–water partition coefficient (Wildman–Crippen LogP) is 2.06. The second-order valence-corrected chi connectivity index (χ2v) is 4.73. The van der Waals surface area contributed by atoms with Crippen LogP contribution in [0.4, 0.5) is 11.4 Å². The van der Waals surface area contributed by atoms with Crippen molar-refractivity contribution in [1.82, 2.24) is 0 Å². The summed E-state index contributed by atoms with van der Waals surface area (Å²) in [6.07, 6.45) is 0. The van der Waals surface area contributed by atoms with Gasteiger partial charge in [-0.2, -0.15) is 0 Å². The highest BCUT2D eigenvalue weighted by Gasteiger charge is 2.26. The zero-order valence-corrected chi connectivity index (χ0v) is 12.7. The fourth-order valence-electron chi connectivity index (χ4n) is 1.97. The molecule has 0 saturated heterocycles. The highest BCUT2D eigenvalue weighted by Crippen LogP contribution is 2.23. The lowest BCUT2D eigenvalue weighted by Gasteiger charge is -2.27. The third-order valence-electron chi connectivity index (χ3n) is 2.98. The molecule has 1 atom stereocenters. The van der Waals surface area contributed by atoms with Crippen molar-refractivity contribution >= 4 is 23.3 Å². The number of ether oxygens (including phenoxy) is 1. The van der Waals surface area contributed by atoms with Crippen molar-refractivity contribution < 1.29 is 14.3 Å². The Bertz CT molecular complexity index is 486. The summed E-state index contributed by atoms with van der Waals surface area (Å²) < 4.78 is 4.99. The van der Waals surface area contributed by atoms with Crippen molar-refractivity contribution in [3.63, 3.8) is 0 Å². The van der Waals surface area contributed by atoms with Crippen molar-refractivity contribution in [3.05, 3.63) is 24.3 Å². The first-order chi connectivity index (χ1) is 9.38. The van der Waals surface area contributed by atoms with Crippen LogP contribution in [0.1, 0.15) is 20.8 Å². The molecule has 0 aromatic heterocycles. The Labute approximate surface area is 120 Å². The molecule has 0 fully saturated rings. The fraction of sp³-hybridized carbons (Fsp3) is 0.467. The van der Waals surface area contributed by atoms with Crippen molar-refractivity contribution in [2.75, 3.05) is 30.5 Å². The van der Waals surface area contributed by atoms with Crippen molar-refractivity contribution in [1.29, 1.82) is 0 Å². The molecule has 1 unspecified atom stereocenters. The molecular weight excluding hydrogens is 256 g/mol. The summed E-state index contributed by atoms with van der Waals surface area (Å²) in [6, 6.07) is 6.83. The summed E-state index contributed by atoms with van der Waals surface area (Å²) in [5, 5.41) is 0. The maximum Gasteiger partial charge on any atom is 0.328 e. The highest BCUT2D eigenvalue weighted by atomic mass is 16.5. The number of nitrogens with zero attached hydrogens (tertiary/aromatic N) is 2. The standard InChI is InChI=1S/C15H22N2O3/c1-6-20-15(19)11(2)17(12(3)18)14-9-7-8-13(10-14)16(4)5/h7-11H,6H2,1-5H3. The zero-order valence-electron chi connectivity index (χ0n) is 12.7. The molecule has 0 aliphatic heterocycles. The average molecular weight is 278 g/mol. The van der Waals surface area contributed by atoms with E-state index in [0.29, 0.717) is 12.3 Å². The van der Waals surface area contributed by atoms with Crippen molar-refractivity contribution in [2.45, 2.75) is 26.8 Å². The lowest BCUT2D eigenvalue weighted by molar-refractivity contribution is -0.145. The first kappa shape index (κ1) is 16.0. The molecule has 0 radical (unpaired) electrons. The Hall–Kier alpha value is -2.04. The van der Waals surface area contributed by atoms with Crippen molar-refractivity contribution in [3.8, 4) is 0 Å². The van der Waals surface area contributed by atoms with Crippen LogP contribution in [0.15, 0.2) is 24.3 Å². The summed E-state index contributed by atoms with van der Waals surface area (Å²) in [5.41, 5.74) is 1.65. The maximum absolute atomic E-state index is 11.9. The van der Waals surface area contributed by atoms with Gasteiger partial charge in [0.15, 0.2) is 0 Å². The highest BCUT2D eigenvalue weighted by molar-refractivity contribution is 5.98. The van der Waals surface area contributed by atoms with Gasteiger partial charge in [-0.1, -0.05) is 6.07 Å². The SMILES string of the molecule is CCOC(=O)C(C)N(C(C)=O)c1cccc(N(C)C)c1. The number of amides is 1. The number of rotatable bonds is 5. The van der Waals surface area contributed by atoms with Crippen LogP contribution in [0.2, 0.25) is 0 Å². The van der Waals surface area contributed by atoms with Gasteiger partial charge in [-0.15, -0.1) is 0 Å². The molecule has 0 N–H and O–H groups in total. The quantitative estimate of drug-likeness (QED) is 0.774. The topological polar surface area (TPSA) is 49.9 Å². The molecule has 1 aromatic carbocycles. The van der Waals surface area contributed by atoms with Gasteiger partial charge in [0.05, 0.1) is 6.61 Å². The summed E-state index contributed by atoms with van der Waals surface area (Å²) in [4.78, 5) is 27.1. The predicted molar refractivity (Wildman–Crippen MR) is 80.0 cm³/mol. The summed E-state index contributed by atoms with van der Waals surface area (Å²) in [7, 11) is 3.85. The molecule has 5 nitrogen and oxygen atoms in total. The van der Waals surface area contributed by atoms with E-state index in [9.17, 15) is 9.59 Å². The molecular formula is C15H22N2O3. The van der Waals surface area contributed by atoms with Gasteiger partial charge in [0.2, 0.25) is 5.91 Å². The van der Waals surface area contributed by atoms with Gasteiger partial charge in [0.1, 0.15) is 6.04 Å². The largest absolute Gasteiger partial charge is 0.464 e. The number of carbonyl (C=O) groups excluding carboxylic acids is 2. The van der Waals surface area contributed by atoms with Crippen LogP contribution in [0, 0.1) is 0 Å². The van der Waals surface area contributed by atoms with E-state index in [1.165, 1.54) is 11.8 Å². The monoisotopic (exact) mass is 278 g/mol. The molecule has 0 aliphatic rings. The lowest BCUT2D eigenvalue weighted by Crippen LogP contribution is -2.43. The second kappa shape index (κ2) is 6.93. The molecule has 0 saturated carbocycles. The van der Waals surface area contributed by atoms with Gasteiger partial charge < -0.3 is 9.64 Å². The minimum Gasteiger partial charge on any atom is -0.464 e. The van der Waals surface area contributed by atoms with E-state index in [-0.39, 0.29) is 5.91 Å². The smallest absolute Gasteiger partial charge is 0.328 e. The molecule has 0 aliphatic carbocycles. The Morgan fingerprint density at radius 1 is 1.25 bits per heavy atom. The molecule has 1 aromatic rings. The normalized spacial score (nSPS) is 11.7. The molecule has 20 heavy (non-hydrogen) atoms. The minimum atomic E-state index is -0.648. The average Bonchev–Trinajstić information content (AvgIpc) is 2.39. The van der Waals surface area contributed by atoms with E-state index >= 15 is 0 Å². The van der Waals surface area contributed by atoms with Crippen LogP contribution in [-0.2, 0) is 14.3 Å². The van der Waals surface area contributed by atoms with Gasteiger partial charge in [-0.05, 0) is 32.0 Å². The molecule has 0 heterocycles. The third-order valence-corrected chi connectivity index (χ3v) is 2.98. The Morgan fingerprint density at radius 2 is 1.85 bits per heavy atom. The Balaban J connectivity index is 3.11. The second-order valence-electron chi connectivity index (χ2n) is 4.73. The first-order valence-electron chi connectivity index (χ1n) is 6.62. The van der Waals surface area contributed by atoms with Crippen LogP contribution in [0.5, 0.6) is 0 Å². The summed E-state index contributed by atoms with van der Waals surface area (Å²) >= 11 is 0. The minimum absolute atomic E-state index is 0.193. The van der Waals surface area contributed by atoms with E-state index in [1.807, 2.05) is 43.3 Å².